The van der Waals surface area contributed by atoms with Crippen LogP contribution < -0.4 is 10.6 Å². The van der Waals surface area contributed by atoms with Crippen molar-refractivity contribution in [3.05, 3.63) is 45.8 Å². The van der Waals surface area contributed by atoms with Crippen LogP contribution in [0.4, 0.5) is 5.82 Å². The molecule has 0 radical (unpaired) electrons. The van der Waals surface area contributed by atoms with E-state index in [1.54, 1.807) is 36.7 Å². The molecule has 0 aliphatic rings. The van der Waals surface area contributed by atoms with Crippen LogP contribution in [-0.2, 0) is 6.54 Å². The second-order valence-corrected chi connectivity index (χ2v) is 4.89. The van der Waals surface area contributed by atoms with Gasteiger partial charge in [0.2, 0.25) is 0 Å². The van der Waals surface area contributed by atoms with Gasteiger partial charge in [0.05, 0.1) is 12.1 Å². The maximum Gasteiger partial charge on any atom is 0.253 e. The molecule has 0 aromatic carbocycles. The third kappa shape index (κ3) is 2.87. The van der Waals surface area contributed by atoms with Crippen molar-refractivity contribution < 1.29 is 4.79 Å². The van der Waals surface area contributed by atoms with E-state index < -0.39 is 0 Å². The summed E-state index contributed by atoms with van der Waals surface area (Å²) in [7, 11) is 1.79. The zero-order valence-electron chi connectivity index (χ0n) is 10.4. The van der Waals surface area contributed by atoms with E-state index in [4.69, 9.17) is 0 Å². The summed E-state index contributed by atoms with van der Waals surface area (Å²) in [6.07, 6.45) is 1.57. The van der Waals surface area contributed by atoms with Gasteiger partial charge in [-0.2, -0.15) is 0 Å². The Hall–Kier alpha value is -1.88. The summed E-state index contributed by atoms with van der Waals surface area (Å²) in [6.45, 7) is 2.61. The number of aryl methyl sites for hydroxylation is 1. The lowest BCUT2D eigenvalue weighted by Crippen LogP contribution is -2.22. The fraction of sp³-hybridized carbons (Fsp3) is 0.231. The lowest BCUT2D eigenvalue weighted by molar-refractivity contribution is 0.0951. The highest BCUT2D eigenvalue weighted by Crippen LogP contribution is 2.15. The fourth-order valence-electron chi connectivity index (χ4n) is 1.52. The first-order chi connectivity index (χ1) is 8.70. The fourth-order valence-corrected chi connectivity index (χ4v) is 2.37. The lowest BCUT2D eigenvalue weighted by Gasteiger charge is -2.05. The third-order valence-electron chi connectivity index (χ3n) is 2.66. The first-order valence-corrected chi connectivity index (χ1v) is 6.53. The van der Waals surface area contributed by atoms with Crippen molar-refractivity contribution in [1.29, 1.82) is 0 Å². The maximum absolute atomic E-state index is 11.9. The Morgan fingerprint density at radius 3 is 2.78 bits per heavy atom. The Labute approximate surface area is 110 Å². The molecule has 2 aromatic heterocycles. The van der Waals surface area contributed by atoms with Crippen molar-refractivity contribution in [2.24, 2.45) is 0 Å². The van der Waals surface area contributed by atoms with E-state index in [-0.39, 0.29) is 5.91 Å². The minimum absolute atomic E-state index is 0.0991. The Balaban J connectivity index is 1.97. The molecular formula is C13H15N3OS. The summed E-state index contributed by atoms with van der Waals surface area (Å²) in [5.74, 6) is 0.651. The number of rotatable bonds is 4. The smallest absolute Gasteiger partial charge is 0.253 e. The number of anilines is 1. The number of hydrogen-bond acceptors (Lipinski definition) is 4. The average molecular weight is 261 g/mol. The predicted molar refractivity (Wildman–Crippen MR) is 74.0 cm³/mol. The SMILES string of the molecule is CNc1ccc(C(=O)NCc2sccc2C)cn1. The normalized spacial score (nSPS) is 10.1. The van der Waals surface area contributed by atoms with E-state index in [9.17, 15) is 4.79 Å². The van der Waals surface area contributed by atoms with E-state index in [0.717, 1.165) is 5.82 Å². The van der Waals surface area contributed by atoms with Gasteiger partial charge >= 0.3 is 0 Å². The van der Waals surface area contributed by atoms with Gasteiger partial charge in [-0.3, -0.25) is 4.79 Å². The molecule has 2 aromatic rings. The molecule has 0 atom stereocenters. The lowest BCUT2D eigenvalue weighted by atomic mass is 10.2. The number of amides is 1. The topological polar surface area (TPSA) is 54.0 Å². The number of nitrogens with zero attached hydrogens (tertiary/aromatic N) is 1. The van der Waals surface area contributed by atoms with Gasteiger partial charge in [0.15, 0.2) is 0 Å². The van der Waals surface area contributed by atoms with E-state index >= 15 is 0 Å². The summed E-state index contributed by atoms with van der Waals surface area (Å²) in [5, 5.41) is 7.83. The van der Waals surface area contributed by atoms with Crippen LogP contribution in [0.25, 0.3) is 0 Å². The van der Waals surface area contributed by atoms with Gasteiger partial charge in [-0.1, -0.05) is 0 Å². The van der Waals surface area contributed by atoms with Crippen LogP contribution >= 0.6 is 11.3 Å². The van der Waals surface area contributed by atoms with Crippen molar-refractivity contribution in [2.75, 3.05) is 12.4 Å². The molecule has 0 aliphatic heterocycles. The third-order valence-corrected chi connectivity index (χ3v) is 3.68. The van der Waals surface area contributed by atoms with Gasteiger partial charge in [0.25, 0.3) is 5.91 Å². The van der Waals surface area contributed by atoms with E-state index in [1.165, 1.54) is 10.4 Å². The van der Waals surface area contributed by atoms with Gasteiger partial charge in [-0.15, -0.1) is 11.3 Å². The molecule has 1 amide bonds. The molecule has 4 nitrogen and oxygen atoms in total. The average Bonchev–Trinajstić information content (AvgIpc) is 2.81. The summed E-state index contributed by atoms with van der Waals surface area (Å²) in [5.41, 5.74) is 1.78. The number of carbonyl (C=O) groups is 1. The Kier molecular flexibility index (Phi) is 3.94. The largest absolute Gasteiger partial charge is 0.373 e. The number of aromatic nitrogens is 1. The van der Waals surface area contributed by atoms with Crippen LogP contribution in [0.3, 0.4) is 0 Å². The molecule has 2 rings (SSSR count). The predicted octanol–water partition coefficient (Wildman–Crippen LogP) is 2.42. The van der Waals surface area contributed by atoms with E-state index in [1.807, 2.05) is 12.3 Å². The van der Waals surface area contributed by atoms with Crippen LogP contribution in [0.5, 0.6) is 0 Å². The van der Waals surface area contributed by atoms with Crippen LogP contribution in [-0.4, -0.2) is 17.9 Å². The molecule has 5 heteroatoms. The molecule has 2 heterocycles. The Morgan fingerprint density at radius 2 is 2.22 bits per heavy atom. The van der Waals surface area contributed by atoms with Crippen molar-refractivity contribution >= 4 is 23.1 Å². The number of thiophene rings is 1. The highest BCUT2D eigenvalue weighted by atomic mass is 32.1. The standard InChI is InChI=1S/C13H15N3OS/c1-9-5-6-18-11(9)8-16-13(17)10-3-4-12(14-2)15-7-10/h3-7H,8H2,1-2H3,(H,14,15)(H,16,17). The Bertz CT molecular complexity index is 533. The Morgan fingerprint density at radius 1 is 1.39 bits per heavy atom. The van der Waals surface area contributed by atoms with Crippen molar-refractivity contribution in [3.63, 3.8) is 0 Å². The maximum atomic E-state index is 11.9. The highest BCUT2D eigenvalue weighted by molar-refractivity contribution is 7.10. The van der Waals surface area contributed by atoms with Crippen molar-refractivity contribution in [3.8, 4) is 0 Å². The zero-order chi connectivity index (χ0) is 13.0. The molecule has 0 aliphatic carbocycles. The van der Waals surface area contributed by atoms with Crippen molar-refractivity contribution in [2.45, 2.75) is 13.5 Å². The molecule has 0 saturated heterocycles. The number of nitrogens with one attached hydrogen (secondary N) is 2. The van der Waals surface area contributed by atoms with Crippen LogP contribution in [0, 0.1) is 6.92 Å². The number of hydrogen-bond donors (Lipinski definition) is 2. The molecular weight excluding hydrogens is 246 g/mol. The molecule has 94 valence electrons. The second kappa shape index (κ2) is 5.64. The first-order valence-electron chi connectivity index (χ1n) is 5.65. The van der Waals surface area contributed by atoms with Crippen LogP contribution in [0.15, 0.2) is 29.8 Å². The molecule has 0 fully saturated rings. The first kappa shape index (κ1) is 12.6. The molecule has 18 heavy (non-hydrogen) atoms. The number of carbonyl (C=O) groups excluding carboxylic acids is 1. The molecule has 2 N–H and O–H groups in total. The molecule has 0 spiro atoms. The van der Waals surface area contributed by atoms with Crippen LogP contribution in [0.1, 0.15) is 20.8 Å². The van der Waals surface area contributed by atoms with Gasteiger partial charge in [-0.25, -0.2) is 4.98 Å². The minimum atomic E-state index is -0.0991. The van der Waals surface area contributed by atoms with E-state index in [0.29, 0.717) is 12.1 Å². The molecule has 0 saturated carbocycles. The van der Waals surface area contributed by atoms with Gasteiger partial charge in [0.1, 0.15) is 5.82 Å². The summed E-state index contributed by atoms with van der Waals surface area (Å²) >= 11 is 1.65. The van der Waals surface area contributed by atoms with Crippen molar-refractivity contribution in [1.82, 2.24) is 10.3 Å². The summed E-state index contributed by atoms with van der Waals surface area (Å²) in [4.78, 5) is 17.2. The van der Waals surface area contributed by atoms with Gasteiger partial charge in [0, 0.05) is 18.1 Å². The number of pyridine rings is 1. The zero-order valence-corrected chi connectivity index (χ0v) is 11.2. The van der Waals surface area contributed by atoms with Crippen LogP contribution in [0.2, 0.25) is 0 Å². The van der Waals surface area contributed by atoms with E-state index in [2.05, 4.69) is 21.7 Å². The molecule has 0 unspecified atom stereocenters. The highest BCUT2D eigenvalue weighted by Gasteiger charge is 2.07. The minimum Gasteiger partial charge on any atom is -0.373 e. The van der Waals surface area contributed by atoms with Gasteiger partial charge < -0.3 is 10.6 Å². The van der Waals surface area contributed by atoms with Gasteiger partial charge in [-0.05, 0) is 36.1 Å². The summed E-state index contributed by atoms with van der Waals surface area (Å²) < 4.78 is 0. The second-order valence-electron chi connectivity index (χ2n) is 3.89. The monoisotopic (exact) mass is 261 g/mol. The quantitative estimate of drug-likeness (QED) is 0.888. The summed E-state index contributed by atoms with van der Waals surface area (Å²) in [6, 6.07) is 5.59. The molecule has 0 bridgehead atoms.